The van der Waals surface area contributed by atoms with E-state index in [1.165, 1.54) is 16.8 Å². The fraction of sp³-hybridized carbons (Fsp3) is 0.385. The van der Waals surface area contributed by atoms with Crippen molar-refractivity contribution in [1.29, 1.82) is 0 Å². The van der Waals surface area contributed by atoms with Crippen molar-refractivity contribution in [2.24, 2.45) is 0 Å². The number of hydrogen-bond donors (Lipinski definition) is 1. The molecule has 78 valence electrons. The zero-order valence-corrected chi connectivity index (χ0v) is 8.87. The second kappa shape index (κ2) is 3.38. The molecule has 0 bridgehead atoms. The third kappa shape index (κ3) is 1.37. The van der Waals surface area contributed by atoms with E-state index in [0.717, 1.165) is 26.1 Å². The van der Waals surface area contributed by atoms with E-state index in [9.17, 15) is 0 Å². The number of nitrogens with zero attached hydrogens (tertiary/aromatic N) is 1. The van der Waals surface area contributed by atoms with Crippen molar-refractivity contribution < 1.29 is 0 Å². The molecule has 1 aromatic carbocycles. The smallest absolute Gasteiger partial charge is 0.0667 e. The Labute approximate surface area is 90.6 Å². The second-order valence-corrected chi connectivity index (χ2v) is 4.36. The molecule has 15 heavy (non-hydrogen) atoms. The van der Waals surface area contributed by atoms with Crippen LogP contribution in [-0.2, 0) is 6.42 Å². The summed E-state index contributed by atoms with van der Waals surface area (Å²) in [6.45, 7) is 7.26. The minimum Gasteiger partial charge on any atom is -0.366 e. The van der Waals surface area contributed by atoms with Gasteiger partial charge in [-0.15, -0.1) is 0 Å². The summed E-state index contributed by atoms with van der Waals surface area (Å²) in [5.41, 5.74) is 4.23. The van der Waals surface area contributed by atoms with Crippen LogP contribution in [0.3, 0.4) is 0 Å². The van der Waals surface area contributed by atoms with Gasteiger partial charge in [0.15, 0.2) is 0 Å². The number of hydrogen-bond acceptors (Lipinski definition) is 2. The van der Waals surface area contributed by atoms with Gasteiger partial charge in [0, 0.05) is 25.3 Å². The van der Waals surface area contributed by atoms with Crippen LogP contribution >= 0.6 is 0 Å². The first-order valence-corrected chi connectivity index (χ1v) is 5.59. The molecule has 1 saturated heterocycles. The van der Waals surface area contributed by atoms with Gasteiger partial charge in [-0.05, 0) is 17.5 Å². The van der Waals surface area contributed by atoms with E-state index in [1.54, 1.807) is 0 Å². The predicted molar refractivity (Wildman–Crippen MR) is 61.6 cm³/mol. The molecule has 0 saturated carbocycles. The number of nitrogens with one attached hydrogen (secondary N) is 1. The topological polar surface area (TPSA) is 15.3 Å². The van der Waals surface area contributed by atoms with Gasteiger partial charge in [-0.1, -0.05) is 30.8 Å². The fourth-order valence-corrected chi connectivity index (χ4v) is 2.70. The lowest BCUT2D eigenvalue weighted by atomic mass is 9.91. The van der Waals surface area contributed by atoms with Crippen molar-refractivity contribution in [3.05, 3.63) is 47.7 Å². The van der Waals surface area contributed by atoms with Crippen LogP contribution in [0.1, 0.15) is 17.2 Å². The summed E-state index contributed by atoms with van der Waals surface area (Å²) in [4.78, 5) is 2.46. The summed E-state index contributed by atoms with van der Waals surface area (Å²) in [6, 6.07) is 9.30. The van der Waals surface area contributed by atoms with Gasteiger partial charge in [-0.3, -0.25) is 0 Å². The molecule has 0 amide bonds. The largest absolute Gasteiger partial charge is 0.366 e. The molecule has 0 aliphatic carbocycles. The van der Waals surface area contributed by atoms with Gasteiger partial charge < -0.3 is 10.2 Å². The summed E-state index contributed by atoms with van der Waals surface area (Å²) < 4.78 is 0. The summed E-state index contributed by atoms with van der Waals surface area (Å²) >= 11 is 0. The van der Waals surface area contributed by atoms with E-state index >= 15 is 0 Å². The van der Waals surface area contributed by atoms with Gasteiger partial charge in [-0.2, -0.15) is 0 Å². The maximum atomic E-state index is 4.13. The molecule has 1 fully saturated rings. The van der Waals surface area contributed by atoms with Crippen LogP contribution in [0.15, 0.2) is 36.5 Å². The van der Waals surface area contributed by atoms with Gasteiger partial charge in [0.1, 0.15) is 0 Å². The minimum atomic E-state index is 0.510. The molecule has 0 unspecified atom stereocenters. The number of benzene rings is 1. The molecule has 0 aromatic heterocycles. The Balaban J connectivity index is 2.02. The molecule has 2 aliphatic heterocycles. The summed E-state index contributed by atoms with van der Waals surface area (Å²) in [7, 11) is 0. The summed E-state index contributed by atoms with van der Waals surface area (Å²) in [6.07, 6.45) is 1.16. The zero-order chi connectivity index (χ0) is 10.3. The van der Waals surface area contributed by atoms with Crippen molar-refractivity contribution in [3.63, 3.8) is 0 Å². The zero-order valence-electron chi connectivity index (χ0n) is 8.87. The Kier molecular flexibility index (Phi) is 2.03. The fourth-order valence-electron chi connectivity index (χ4n) is 2.70. The molecule has 0 radical (unpaired) electrons. The highest BCUT2D eigenvalue weighted by Gasteiger charge is 2.29. The Morgan fingerprint density at radius 3 is 3.13 bits per heavy atom. The first-order chi connectivity index (χ1) is 7.36. The Bertz CT molecular complexity index is 397. The Hall–Kier alpha value is -1.28. The summed E-state index contributed by atoms with van der Waals surface area (Å²) in [5.74, 6) is 0. The minimum absolute atomic E-state index is 0.510. The van der Waals surface area contributed by atoms with Crippen LogP contribution in [-0.4, -0.2) is 24.5 Å². The average molecular weight is 200 g/mol. The molecular weight excluding hydrogens is 184 g/mol. The highest BCUT2D eigenvalue weighted by atomic mass is 15.2. The lowest BCUT2D eigenvalue weighted by molar-refractivity contribution is 0.202. The SMILES string of the molecule is C=C1CNC[C@@H]2c3ccccc3CCN12. The highest BCUT2D eigenvalue weighted by Crippen LogP contribution is 2.32. The van der Waals surface area contributed by atoms with Gasteiger partial charge >= 0.3 is 0 Å². The van der Waals surface area contributed by atoms with E-state index in [2.05, 4.69) is 41.1 Å². The standard InChI is InChI=1S/C13H16N2/c1-10-8-14-9-13-12-5-3-2-4-11(12)6-7-15(10)13/h2-5,13-14H,1,6-9H2/t13-/m1/s1. The van der Waals surface area contributed by atoms with E-state index in [0.29, 0.717) is 6.04 Å². The van der Waals surface area contributed by atoms with E-state index in [1.807, 2.05) is 0 Å². The van der Waals surface area contributed by atoms with Crippen molar-refractivity contribution in [2.45, 2.75) is 12.5 Å². The third-order valence-electron chi connectivity index (χ3n) is 3.49. The van der Waals surface area contributed by atoms with Crippen molar-refractivity contribution >= 4 is 0 Å². The second-order valence-electron chi connectivity index (χ2n) is 4.36. The van der Waals surface area contributed by atoms with Gasteiger partial charge in [0.2, 0.25) is 0 Å². The van der Waals surface area contributed by atoms with Crippen molar-refractivity contribution in [1.82, 2.24) is 10.2 Å². The molecule has 2 aliphatic rings. The molecule has 2 heteroatoms. The lowest BCUT2D eigenvalue weighted by Gasteiger charge is -2.43. The summed E-state index contributed by atoms with van der Waals surface area (Å²) in [5, 5.41) is 3.43. The van der Waals surface area contributed by atoms with E-state index in [4.69, 9.17) is 0 Å². The van der Waals surface area contributed by atoms with Gasteiger partial charge in [-0.25, -0.2) is 0 Å². The molecule has 3 rings (SSSR count). The first-order valence-electron chi connectivity index (χ1n) is 5.59. The maximum Gasteiger partial charge on any atom is 0.0667 e. The average Bonchev–Trinajstić information content (AvgIpc) is 2.29. The van der Waals surface area contributed by atoms with Crippen LogP contribution in [0.25, 0.3) is 0 Å². The predicted octanol–water partition coefficient (Wildman–Crippen LogP) is 1.70. The molecular formula is C13H16N2. The van der Waals surface area contributed by atoms with Crippen LogP contribution in [0, 0.1) is 0 Å². The van der Waals surface area contributed by atoms with E-state index < -0.39 is 0 Å². The van der Waals surface area contributed by atoms with E-state index in [-0.39, 0.29) is 0 Å². The van der Waals surface area contributed by atoms with Gasteiger partial charge in [0.05, 0.1) is 6.04 Å². The quantitative estimate of drug-likeness (QED) is 0.685. The van der Waals surface area contributed by atoms with Crippen molar-refractivity contribution in [3.8, 4) is 0 Å². The third-order valence-corrected chi connectivity index (χ3v) is 3.49. The van der Waals surface area contributed by atoms with Crippen LogP contribution < -0.4 is 5.32 Å². The Morgan fingerprint density at radius 1 is 1.33 bits per heavy atom. The Morgan fingerprint density at radius 2 is 2.20 bits per heavy atom. The first kappa shape index (κ1) is 8.98. The normalized spacial score (nSPS) is 24.7. The molecule has 1 N–H and O–H groups in total. The lowest BCUT2D eigenvalue weighted by Crippen LogP contribution is -2.47. The molecule has 2 heterocycles. The molecule has 2 nitrogen and oxygen atoms in total. The van der Waals surface area contributed by atoms with Crippen LogP contribution in [0.4, 0.5) is 0 Å². The highest BCUT2D eigenvalue weighted by molar-refractivity contribution is 5.34. The van der Waals surface area contributed by atoms with Gasteiger partial charge in [0.25, 0.3) is 0 Å². The molecule has 0 spiro atoms. The van der Waals surface area contributed by atoms with Crippen LogP contribution in [0.5, 0.6) is 0 Å². The number of rotatable bonds is 0. The van der Waals surface area contributed by atoms with Crippen LogP contribution in [0.2, 0.25) is 0 Å². The monoisotopic (exact) mass is 200 g/mol. The molecule has 1 aromatic rings. The molecule has 1 atom stereocenters. The number of piperazine rings is 1. The van der Waals surface area contributed by atoms with Crippen molar-refractivity contribution in [2.75, 3.05) is 19.6 Å². The maximum absolute atomic E-state index is 4.13. The number of fused-ring (bicyclic) bond motifs is 3.